The molecule has 2 heterocycles. The van der Waals surface area contributed by atoms with E-state index in [-0.39, 0.29) is 0 Å². The maximum absolute atomic E-state index is 10.7. The molecule has 5 heteroatoms. The van der Waals surface area contributed by atoms with E-state index in [0.717, 1.165) is 17.5 Å². The first-order valence-electron chi connectivity index (χ1n) is 4.34. The van der Waals surface area contributed by atoms with E-state index in [9.17, 15) is 9.59 Å². The zero-order chi connectivity index (χ0) is 10.1. The quantitative estimate of drug-likeness (QED) is 0.651. The molecule has 1 amide bonds. The fourth-order valence-electron chi connectivity index (χ4n) is 1.69. The highest BCUT2D eigenvalue weighted by Gasteiger charge is 2.21. The molecule has 0 radical (unpaired) electrons. The van der Waals surface area contributed by atoms with E-state index in [1.807, 2.05) is 0 Å². The second kappa shape index (κ2) is 3.17. The lowest BCUT2D eigenvalue weighted by Gasteiger charge is -2.23. The Morgan fingerprint density at radius 3 is 3.07 bits per heavy atom. The lowest BCUT2D eigenvalue weighted by molar-refractivity contribution is 0.111. The highest BCUT2D eigenvalue weighted by molar-refractivity contribution is 5.73. The van der Waals surface area contributed by atoms with E-state index >= 15 is 0 Å². The molecule has 14 heavy (non-hydrogen) atoms. The summed E-state index contributed by atoms with van der Waals surface area (Å²) in [6.07, 6.45) is 0.475. The molecule has 0 fully saturated rings. The molecule has 1 aromatic heterocycles. The van der Waals surface area contributed by atoms with Crippen LogP contribution in [0, 0.1) is 0 Å². The van der Waals surface area contributed by atoms with Crippen LogP contribution in [0.15, 0.2) is 6.07 Å². The van der Waals surface area contributed by atoms with Crippen LogP contribution in [-0.2, 0) is 13.0 Å². The first-order chi connectivity index (χ1) is 6.70. The Labute approximate surface area is 80.3 Å². The number of carboxylic acid groups (broad SMARTS) is 1. The van der Waals surface area contributed by atoms with E-state index in [1.165, 1.54) is 4.90 Å². The fraction of sp³-hybridized carbons (Fsp3) is 0.333. The molecule has 0 bridgehead atoms. The van der Waals surface area contributed by atoms with Gasteiger partial charge in [-0.05, 0) is 11.6 Å². The number of H-pyrrole nitrogens is 1. The van der Waals surface area contributed by atoms with Crippen molar-refractivity contribution in [3.63, 3.8) is 0 Å². The summed E-state index contributed by atoms with van der Waals surface area (Å²) in [5.74, 6) is 0. The summed E-state index contributed by atoms with van der Waals surface area (Å²) in [7, 11) is 0. The summed E-state index contributed by atoms with van der Waals surface area (Å²) in [6.45, 7) is 0.857. The highest BCUT2D eigenvalue weighted by Crippen LogP contribution is 2.18. The maximum atomic E-state index is 10.7. The molecular formula is C9H10N2O3. The van der Waals surface area contributed by atoms with Crippen LogP contribution < -0.4 is 0 Å². The van der Waals surface area contributed by atoms with Gasteiger partial charge in [0.25, 0.3) is 0 Å². The molecule has 1 aromatic rings. The van der Waals surface area contributed by atoms with Crippen molar-refractivity contribution < 1.29 is 14.7 Å². The minimum Gasteiger partial charge on any atom is -0.465 e. The molecule has 0 spiro atoms. The van der Waals surface area contributed by atoms with Gasteiger partial charge in [-0.2, -0.15) is 0 Å². The van der Waals surface area contributed by atoms with Gasteiger partial charge >= 0.3 is 6.09 Å². The predicted molar refractivity (Wildman–Crippen MR) is 48.3 cm³/mol. The summed E-state index contributed by atoms with van der Waals surface area (Å²) in [5, 5.41) is 8.77. The third-order valence-corrected chi connectivity index (χ3v) is 2.40. The van der Waals surface area contributed by atoms with Crippen molar-refractivity contribution in [3.8, 4) is 0 Å². The molecule has 2 rings (SSSR count). The van der Waals surface area contributed by atoms with Gasteiger partial charge < -0.3 is 15.0 Å². The standard InChI is InChI=1S/C9H10N2O3/c12-5-7-3-6-4-11(9(13)14)2-1-8(6)10-7/h3,5,10H,1-2,4H2,(H,13,14). The van der Waals surface area contributed by atoms with Crippen molar-refractivity contribution in [1.82, 2.24) is 9.88 Å². The van der Waals surface area contributed by atoms with Crippen LogP contribution in [0.5, 0.6) is 0 Å². The Bertz CT molecular complexity index is 383. The number of aldehydes is 1. The number of carbonyl (C=O) groups excluding carboxylic acids is 1. The number of nitrogens with zero attached hydrogens (tertiary/aromatic N) is 1. The number of aromatic amines is 1. The second-order valence-electron chi connectivity index (χ2n) is 3.30. The average molecular weight is 194 g/mol. The number of aromatic nitrogens is 1. The van der Waals surface area contributed by atoms with Crippen molar-refractivity contribution in [1.29, 1.82) is 0 Å². The lowest BCUT2D eigenvalue weighted by Crippen LogP contribution is -2.34. The zero-order valence-electron chi connectivity index (χ0n) is 7.49. The number of amides is 1. The van der Waals surface area contributed by atoms with Gasteiger partial charge in [-0.15, -0.1) is 0 Å². The summed E-state index contributed by atoms with van der Waals surface area (Å²) < 4.78 is 0. The van der Waals surface area contributed by atoms with Crippen molar-refractivity contribution in [2.75, 3.05) is 6.54 Å². The number of nitrogens with one attached hydrogen (secondary N) is 1. The number of rotatable bonds is 1. The molecule has 0 unspecified atom stereocenters. The monoisotopic (exact) mass is 194 g/mol. The maximum Gasteiger partial charge on any atom is 0.407 e. The molecule has 2 N–H and O–H groups in total. The molecule has 74 valence electrons. The molecule has 5 nitrogen and oxygen atoms in total. The second-order valence-corrected chi connectivity index (χ2v) is 3.30. The van der Waals surface area contributed by atoms with Crippen molar-refractivity contribution in [2.24, 2.45) is 0 Å². The van der Waals surface area contributed by atoms with Crippen molar-refractivity contribution in [3.05, 3.63) is 23.0 Å². The Hall–Kier alpha value is -1.78. The van der Waals surface area contributed by atoms with Crippen LogP contribution in [-0.4, -0.2) is 33.9 Å². The summed E-state index contributed by atoms with van der Waals surface area (Å²) >= 11 is 0. The molecule has 0 atom stereocenters. The number of hydrogen-bond donors (Lipinski definition) is 2. The van der Waals surface area contributed by atoms with E-state index < -0.39 is 6.09 Å². The van der Waals surface area contributed by atoms with Gasteiger partial charge in [0.15, 0.2) is 6.29 Å². The van der Waals surface area contributed by atoms with E-state index in [4.69, 9.17) is 5.11 Å². The van der Waals surface area contributed by atoms with Gasteiger partial charge in [0.1, 0.15) is 0 Å². The molecule has 1 aliphatic heterocycles. The summed E-state index contributed by atoms with van der Waals surface area (Å²) in [5.41, 5.74) is 2.40. The minimum absolute atomic E-state index is 0.370. The van der Waals surface area contributed by atoms with Gasteiger partial charge in [0, 0.05) is 18.7 Å². The molecule has 0 aliphatic carbocycles. The first-order valence-corrected chi connectivity index (χ1v) is 4.34. The number of hydrogen-bond acceptors (Lipinski definition) is 2. The van der Waals surface area contributed by atoms with Crippen LogP contribution >= 0.6 is 0 Å². The molecule has 0 saturated heterocycles. The van der Waals surface area contributed by atoms with Gasteiger partial charge in [-0.25, -0.2) is 4.79 Å². The van der Waals surface area contributed by atoms with E-state index in [0.29, 0.717) is 25.2 Å². The largest absolute Gasteiger partial charge is 0.465 e. The first kappa shape index (κ1) is 8.80. The molecule has 1 aliphatic rings. The Kier molecular flexibility index (Phi) is 1.99. The highest BCUT2D eigenvalue weighted by atomic mass is 16.4. The predicted octanol–water partition coefficient (Wildman–Crippen LogP) is 0.863. The molecular weight excluding hydrogens is 184 g/mol. The van der Waals surface area contributed by atoms with E-state index in [2.05, 4.69) is 4.98 Å². The van der Waals surface area contributed by atoms with Crippen LogP contribution in [0.2, 0.25) is 0 Å². The van der Waals surface area contributed by atoms with Crippen LogP contribution in [0.3, 0.4) is 0 Å². The topological polar surface area (TPSA) is 73.4 Å². The average Bonchev–Trinajstić information content (AvgIpc) is 2.58. The Morgan fingerprint density at radius 2 is 2.43 bits per heavy atom. The third kappa shape index (κ3) is 1.37. The van der Waals surface area contributed by atoms with Crippen LogP contribution in [0.25, 0.3) is 0 Å². The van der Waals surface area contributed by atoms with Gasteiger partial charge in [-0.3, -0.25) is 4.79 Å². The van der Waals surface area contributed by atoms with Gasteiger partial charge in [-0.1, -0.05) is 0 Å². The Morgan fingerprint density at radius 1 is 1.64 bits per heavy atom. The summed E-state index contributed by atoms with van der Waals surface area (Å²) in [4.78, 5) is 25.5. The Balaban J connectivity index is 2.25. The van der Waals surface area contributed by atoms with Gasteiger partial charge in [0.2, 0.25) is 0 Å². The smallest absolute Gasteiger partial charge is 0.407 e. The van der Waals surface area contributed by atoms with E-state index in [1.54, 1.807) is 6.07 Å². The SMILES string of the molecule is O=Cc1cc2c([nH]1)CCN(C(=O)O)C2. The fourth-order valence-corrected chi connectivity index (χ4v) is 1.69. The molecule has 0 saturated carbocycles. The van der Waals surface area contributed by atoms with Crippen molar-refractivity contribution >= 4 is 12.4 Å². The normalized spacial score (nSPS) is 15.0. The van der Waals surface area contributed by atoms with Crippen LogP contribution in [0.1, 0.15) is 21.7 Å². The zero-order valence-corrected chi connectivity index (χ0v) is 7.49. The lowest BCUT2D eigenvalue weighted by atomic mass is 10.1. The summed E-state index contributed by atoms with van der Waals surface area (Å²) in [6, 6.07) is 1.71. The number of carbonyl (C=O) groups is 2. The molecule has 0 aromatic carbocycles. The van der Waals surface area contributed by atoms with Crippen molar-refractivity contribution in [2.45, 2.75) is 13.0 Å². The third-order valence-electron chi connectivity index (χ3n) is 2.40. The number of fused-ring (bicyclic) bond motifs is 1. The van der Waals surface area contributed by atoms with Crippen LogP contribution in [0.4, 0.5) is 4.79 Å². The minimum atomic E-state index is -0.912. The van der Waals surface area contributed by atoms with Gasteiger partial charge in [0.05, 0.1) is 12.2 Å².